The summed E-state index contributed by atoms with van der Waals surface area (Å²) in [7, 11) is 0. The van der Waals surface area contributed by atoms with Gasteiger partial charge in [-0.2, -0.15) is 0 Å². The van der Waals surface area contributed by atoms with Gasteiger partial charge >= 0.3 is 5.69 Å². The van der Waals surface area contributed by atoms with Gasteiger partial charge in [-0.3, -0.25) is 10.1 Å². The van der Waals surface area contributed by atoms with Crippen molar-refractivity contribution in [3.05, 3.63) is 64.0 Å². The van der Waals surface area contributed by atoms with E-state index in [9.17, 15) is 10.1 Å². The number of hydrogen-bond donors (Lipinski definition) is 0. The van der Waals surface area contributed by atoms with E-state index in [1.165, 1.54) is 6.07 Å². The van der Waals surface area contributed by atoms with Crippen molar-refractivity contribution >= 4 is 16.8 Å². The van der Waals surface area contributed by atoms with E-state index in [4.69, 9.17) is 9.15 Å². The number of para-hydroxylation sites is 2. The zero-order chi connectivity index (χ0) is 14.8. The number of fused-ring (bicyclic) bond motifs is 1. The lowest BCUT2D eigenvalue weighted by molar-refractivity contribution is -0.386. The molecule has 0 atom stereocenters. The molecule has 0 aliphatic carbocycles. The van der Waals surface area contributed by atoms with E-state index in [0.29, 0.717) is 11.5 Å². The van der Waals surface area contributed by atoms with Crippen LogP contribution in [0.2, 0.25) is 0 Å². The number of ether oxygens (including phenoxy) is 1. The Morgan fingerprint density at radius 1 is 1.29 bits per heavy atom. The molecule has 0 saturated carbocycles. The normalized spacial score (nSPS) is 10.7. The van der Waals surface area contributed by atoms with Gasteiger partial charge in [0.05, 0.1) is 4.92 Å². The summed E-state index contributed by atoms with van der Waals surface area (Å²) in [6, 6.07) is 12.2. The maximum absolute atomic E-state index is 11.0. The zero-order valence-corrected chi connectivity index (χ0v) is 11.3. The Morgan fingerprint density at radius 2 is 2.10 bits per heavy atom. The highest BCUT2D eigenvalue weighted by Crippen LogP contribution is 2.28. The van der Waals surface area contributed by atoms with Crippen LogP contribution in [0.3, 0.4) is 0 Å². The van der Waals surface area contributed by atoms with Crippen LogP contribution in [0, 0.1) is 17.0 Å². The van der Waals surface area contributed by atoms with Gasteiger partial charge in [-0.1, -0.05) is 18.2 Å². The van der Waals surface area contributed by atoms with Crippen LogP contribution < -0.4 is 4.74 Å². The molecule has 0 fully saturated rings. The molecule has 0 saturated heterocycles. The van der Waals surface area contributed by atoms with Crippen molar-refractivity contribution in [2.45, 2.75) is 13.5 Å². The van der Waals surface area contributed by atoms with E-state index in [1.54, 1.807) is 25.1 Å². The number of nitro groups is 1. The SMILES string of the molecule is Cc1ccc(OCc2nc3ccccc3o2)c([N+](=O)[O-])c1. The molecule has 6 nitrogen and oxygen atoms in total. The Bertz CT molecular complexity index is 777. The molecule has 3 aromatic rings. The Morgan fingerprint density at radius 3 is 2.86 bits per heavy atom. The number of benzene rings is 2. The van der Waals surface area contributed by atoms with Crippen molar-refractivity contribution in [1.82, 2.24) is 4.98 Å². The fourth-order valence-electron chi connectivity index (χ4n) is 2.01. The summed E-state index contributed by atoms with van der Waals surface area (Å²) in [6.07, 6.45) is 0. The van der Waals surface area contributed by atoms with Crippen LogP contribution in [0.25, 0.3) is 11.1 Å². The second-order valence-corrected chi connectivity index (χ2v) is 4.59. The fraction of sp³-hybridized carbons (Fsp3) is 0.133. The molecule has 2 aromatic carbocycles. The minimum atomic E-state index is -0.464. The molecule has 0 aliphatic heterocycles. The molecule has 6 heteroatoms. The van der Waals surface area contributed by atoms with E-state index in [-0.39, 0.29) is 18.0 Å². The van der Waals surface area contributed by atoms with E-state index < -0.39 is 4.92 Å². The summed E-state index contributed by atoms with van der Waals surface area (Å²) in [5.74, 6) is 0.582. The quantitative estimate of drug-likeness (QED) is 0.540. The maximum Gasteiger partial charge on any atom is 0.311 e. The van der Waals surface area contributed by atoms with E-state index in [2.05, 4.69) is 4.98 Å². The molecule has 0 radical (unpaired) electrons. The monoisotopic (exact) mass is 284 g/mol. The smallest absolute Gasteiger partial charge is 0.311 e. The van der Waals surface area contributed by atoms with Crippen molar-refractivity contribution in [3.8, 4) is 5.75 Å². The molecule has 0 N–H and O–H groups in total. The Hall–Kier alpha value is -2.89. The van der Waals surface area contributed by atoms with Crippen LogP contribution in [0.1, 0.15) is 11.5 Å². The first-order valence-electron chi connectivity index (χ1n) is 6.36. The highest BCUT2D eigenvalue weighted by atomic mass is 16.6. The van der Waals surface area contributed by atoms with Crippen LogP contribution in [0.15, 0.2) is 46.9 Å². The highest BCUT2D eigenvalue weighted by Gasteiger charge is 2.16. The summed E-state index contributed by atoms with van der Waals surface area (Å²) in [6.45, 7) is 1.83. The summed E-state index contributed by atoms with van der Waals surface area (Å²) < 4.78 is 11.0. The van der Waals surface area contributed by atoms with Crippen LogP contribution in [-0.2, 0) is 6.61 Å². The van der Waals surface area contributed by atoms with Crippen LogP contribution in [0.5, 0.6) is 5.75 Å². The summed E-state index contributed by atoms with van der Waals surface area (Å²) in [5, 5.41) is 11.0. The van der Waals surface area contributed by atoms with Gasteiger partial charge in [-0.05, 0) is 30.7 Å². The number of hydrogen-bond acceptors (Lipinski definition) is 5. The Labute approximate surface area is 120 Å². The molecule has 0 unspecified atom stereocenters. The predicted molar refractivity (Wildman–Crippen MR) is 76.2 cm³/mol. The van der Waals surface area contributed by atoms with Crippen molar-refractivity contribution in [2.24, 2.45) is 0 Å². The third kappa shape index (κ3) is 2.69. The van der Waals surface area contributed by atoms with Gasteiger partial charge in [0.25, 0.3) is 0 Å². The van der Waals surface area contributed by atoms with Crippen LogP contribution in [-0.4, -0.2) is 9.91 Å². The zero-order valence-electron chi connectivity index (χ0n) is 11.3. The summed E-state index contributed by atoms with van der Waals surface area (Å²) in [5.41, 5.74) is 2.13. The van der Waals surface area contributed by atoms with Crippen molar-refractivity contribution < 1.29 is 14.1 Å². The maximum atomic E-state index is 11.0. The second-order valence-electron chi connectivity index (χ2n) is 4.59. The fourth-order valence-corrected chi connectivity index (χ4v) is 2.01. The number of aryl methyl sites for hydroxylation is 1. The first kappa shape index (κ1) is 13.1. The molecule has 0 bridgehead atoms. The van der Waals surface area contributed by atoms with Crippen LogP contribution in [0.4, 0.5) is 5.69 Å². The molecule has 106 valence electrons. The van der Waals surface area contributed by atoms with Crippen molar-refractivity contribution in [1.29, 1.82) is 0 Å². The van der Waals surface area contributed by atoms with Gasteiger partial charge in [0, 0.05) is 6.07 Å². The lowest BCUT2D eigenvalue weighted by Crippen LogP contribution is -1.99. The van der Waals surface area contributed by atoms with Gasteiger partial charge in [0.1, 0.15) is 5.52 Å². The largest absolute Gasteiger partial charge is 0.477 e. The molecule has 0 amide bonds. The van der Waals surface area contributed by atoms with Gasteiger partial charge in [0.15, 0.2) is 17.9 Å². The van der Waals surface area contributed by atoms with Crippen LogP contribution >= 0.6 is 0 Å². The molecule has 0 spiro atoms. The van der Waals surface area contributed by atoms with Crippen molar-refractivity contribution in [2.75, 3.05) is 0 Å². The van der Waals surface area contributed by atoms with Gasteiger partial charge in [-0.15, -0.1) is 0 Å². The topological polar surface area (TPSA) is 78.4 Å². The first-order valence-corrected chi connectivity index (χ1v) is 6.36. The molecule has 0 aliphatic rings. The van der Waals surface area contributed by atoms with Gasteiger partial charge in [0.2, 0.25) is 5.89 Å². The van der Waals surface area contributed by atoms with E-state index in [1.807, 2.05) is 18.2 Å². The standard InChI is InChI=1S/C15H12N2O4/c1-10-6-7-14(12(8-10)17(18)19)20-9-15-16-11-4-2-3-5-13(11)21-15/h2-8H,9H2,1H3. The average molecular weight is 284 g/mol. The molecule has 1 heterocycles. The predicted octanol–water partition coefficient (Wildman–Crippen LogP) is 3.62. The number of aromatic nitrogens is 1. The minimum Gasteiger partial charge on any atom is -0.477 e. The molecular weight excluding hydrogens is 272 g/mol. The average Bonchev–Trinajstić information content (AvgIpc) is 2.88. The number of nitrogens with zero attached hydrogens (tertiary/aromatic N) is 2. The minimum absolute atomic E-state index is 0.0403. The molecule has 21 heavy (non-hydrogen) atoms. The first-order chi connectivity index (χ1) is 10.1. The molecule has 3 rings (SSSR count). The third-order valence-electron chi connectivity index (χ3n) is 3.00. The van der Waals surface area contributed by atoms with Gasteiger partial charge in [-0.25, -0.2) is 4.98 Å². The molecular formula is C15H12N2O4. The second kappa shape index (κ2) is 5.24. The summed E-state index contributed by atoms with van der Waals surface area (Å²) >= 11 is 0. The lowest BCUT2D eigenvalue weighted by Gasteiger charge is -2.05. The lowest BCUT2D eigenvalue weighted by atomic mass is 10.2. The molecule has 1 aromatic heterocycles. The Kier molecular flexibility index (Phi) is 3.27. The third-order valence-corrected chi connectivity index (χ3v) is 3.00. The number of oxazole rings is 1. The van der Waals surface area contributed by atoms with Crippen molar-refractivity contribution in [3.63, 3.8) is 0 Å². The Balaban J connectivity index is 1.83. The number of nitro benzene ring substituents is 1. The highest BCUT2D eigenvalue weighted by molar-refractivity contribution is 5.72. The van der Waals surface area contributed by atoms with Gasteiger partial charge < -0.3 is 9.15 Å². The number of rotatable bonds is 4. The van der Waals surface area contributed by atoms with E-state index >= 15 is 0 Å². The summed E-state index contributed by atoms with van der Waals surface area (Å²) in [4.78, 5) is 14.8. The van der Waals surface area contributed by atoms with E-state index in [0.717, 1.165) is 11.1 Å².